The monoisotopic (exact) mass is 339 g/mol. The molecule has 0 aliphatic carbocycles. The van der Waals surface area contributed by atoms with Crippen molar-refractivity contribution in [3.8, 4) is 0 Å². The first kappa shape index (κ1) is 17.1. The van der Waals surface area contributed by atoms with Crippen molar-refractivity contribution >= 4 is 17.2 Å². The average molecular weight is 339 g/mol. The van der Waals surface area contributed by atoms with E-state index in [1.807, 2.05) is 41.3 Å². The molecule has 1 saturated heterocycles. The number of hydrogen-bond donors (Lipinski definition) is 0. The smallest absolute Gasteiger partial charge is 0.292 e. The van der Waals surface area contributed by atoms with Gasteiger partial charge in [-0.2, -0.15) is 0 Å². The lowest BCUT2D eigenvalue weighted by atomic mass is 10.1. The fourth-order valence-electron chi connectivity index (χ4n) is 3.13. The Morgan fingerprint density at radius 2 is 1.60 bits per heavy atom. The third kappa shape index (κ3) is 4.22. The highest BCUT2D eigenvalue weighted by molar-refractivity contribution is 5.96. The Labute approximate surface area is 146 Å². The first-order valence-electron chi connectivity index (χ1n) is 8.44. The molecule has 0 radical (unpaired) electrons. The molecule has 25 heavy (non-hydrogen) atoms. The quantitative estimate of drug-likeness (QED) is 0.460. The van der Waals surface area contributed by atoms with E-state index in [1.165, 1.54) is 0 Å². The van der Waals surface area contributed by atoms with Crippen LogP contribution in [0.1, 0.15) is 16.8 Å². The van der Waals surface area contributed by atoms with Crippen LogP contribution in [0.4, 0.5) is 11.4 Å². The minimum absolute atomic E-state index is 0.148. The fourth-order valence-corrected chi connectivity index (χ4v) is 3.13. The summed E-state index contributed by atoms with van der Waals surface area (Å²) < 4.78 is 0. The highest BCUT2D eigenvalue weighted by Crippen LogP contribution is 2.28. The van der Waals surface area contributed by atoms with Gasteiger partial charge in [0.1, 0.15) is 5.69 Å². The van der Waals surface area contributed by atoms with Gasteiger partial charge in [0.2, 0.25) is 0 Å². The van der Waals surface area contributed by atoms with E-state index in [2.05, 4.69) is 4.90 Å². The first-order chi connectivity index (χ1) is 12.1. The maximum atomic E-state index is 12.2. The molecule has 1 fully saturated rings. The van der Waals surface area contributed by atoms with Gasteiger partial charge in [0, 0.05) is 50.8 Å². The molecule has 6 heteroatoms. The van der Waals surface area contributed by atoms with Crippen LogP contribution in [0.3, 0.4) is 0 Å². The number of nitrogens with zero attached hydrogens (tertiary/aromatic N) is 3. The second kappa shape index (κ2) is 7.90. The number of benzene rings is 2. The molecule has 0 spiro atoms. The lowest BCUT2D eigenvalue weighted by Gasteiger charge is -2.35. The number of ketones is 1. The minimum Gasteiger partial charge on any atom is -0.363 e. The molecule has 0 bridgehead atoms. The van der Waals surface area contributed by atoms with Crippen molar-refractivity contribution in [2.45, 2.75) is 6.42 Å². The summed E-state index contributed by atoms with van der Waals surface area (Å²) in [6.45, 7) is 3.77. The van der Waals surface area contributed by atoms with Gasteiger partial charge in [0.15, 0.2) is 5.78 Å². The number of nitro groups is 1. The number of anilines is 1. The van der Waals surface area contributed by atoms with E-state index in [0.29, 0.717) is 12.1 Å². The minimum atomic E-state index is -0.333. The number of hydrogen-bond acceptors (Lipinski definition) is 5. The molecule has 0 N–H and O–H groups in total. The maximum absolute atomic E-state index is 12.2. The van der Waals surface area contributed by atoms with Crippen LogP contribution in [-0.2, 0) is 0 Å². The van der Waals surface area contributed by atoms with E-state index < -0.39 is 0 Å². The summed E-state index contributed by atoms with van der Waals surface area (Å²) in [5.74, 6) is 0.154. The van der Waals surface area contributed by atoms with E-state index in [9.17, 15) is 14.9 Å². The van der Waals surface area contributed by atoms with Crippen LogP contribution in [0.2, 0.25) is 0 Å². The molecule has 130 valence electrons. The Hall–Kier alpha value is -2.73. The van der Waals surface area contributed by atoms with Gasteiger partial charge in [-0.25, -0.2) is 0 Å². The zero-order valence-electron chi connectivity index (χ0n) is 14.0. The lowest BCUT2D eigenvalue weighted by Crippen LogP contribution is -2.47. The molecule has 2 aromatic carbocycles. The normalized spacial score (nSPS) is 15.1. The highest BCUT2D eigenvalue weighted by Gasteiger charge is 2.23. The van der Waals surface area contributed by atoms with E-state index in [0.717, 1.165) is 38.3 Å². The SMILES string of the molecule is O=C(CCN1CCN(c2ccccc2[N+](=O)[O-])CC1)c1ccccc1. The van der Waals surface area contributed by atoms with Crippen LogP contribution in [0.5, 0.6) is 0 Å². The summed E-state index contributed by atoms with van der Waals surface area (Å²) in [5.41, 5.74) is 1.57. The first-order valence-corrected chi connectivity index (χ1v) is 8.44. The van der Waals surface area contributed by atoms with E-state index in [4.69, 9.17) is 0 Å². The molecule has 0 atom stereocenters. The molecular formula is C19H21N3O3. The predicted molar refractivity (Wildman–Crippen MR) is 97.1 cm³/mol. The van der Waals surface area contributed by atoms with Crippen LogP contribution in [0, 0.1) is 10.1 Å². The maximum Gasteiger partial charge on any atom is 0.292 e. The Kier molecular flexibility index (Phi) is 5.40. The number of piperazine rings is 1. The number of carbonyl (C=O) groups excluding carboxylic acids is 1. The number of carbonyl (C=O) groups is 1. The number of Topliss-reactive ketones (excluding diaryl/α,β-unsaturated/α-hetero) is 1. The van der Waals surface area contributed by atoms with Gasteiger partial charge in [-0.3, -0.25) is 19.8 Å². The van der Waals surface area contributed by atoms with Crippen molar-refractivity contribution in [3.63, 3.8) is 0 Å². The second-order valence-corrected chi connectivity index (χ2v) is 6.11. The Morgan fingerprint density at radius 1 is 0.960 bits per heavy atom. The van der Waals surface area contributed by atoms with Crippen LogP contribution >= 0.6 is 0 Å². The van der Waals surface area contributed by atoms with Crippen molar-refractivity contribution in [1.82, 2.24) is 4.90 Å². The molecule has 0 unspecified atom stereocenters. The summed E-state index contributed by atoms with van der Waals surface area (Å²) in [6, 6.07) is 16.2. The summed E-state index contributed by atoms with van der Waals surface area (Å²) in [7, 11) is 0. The standard InChI is InChI=1S/C19H21N3O3/c23-19(16-6-2-1-3-7-16)10-11-20-12-14-21(15-13-20)17-8-4-5-9-18(17)22(24)25/h1-9H,10-15H2. The van der Waals surface area contributed by atoms with Crippen molar-refractivity contribution in [2.75, 3.05) is 37.6 Å². The Bertz CT molecular complexity index is 741. The second-order valence-electron chi connectivity index (χ2n) is 6.11. The third-order valence-corrected chi connectivity index (χ3v) is 4.54. The van der Waals surface area contributed by atoms with Crippen LogP contribution in [-0.4, -0.2) is 48.3 Å². The molecule has 1 aliphatic rings. The summed E-state index contributed by atoms with van der Waals surface area (Å²) in [6.07, 6.45) is 0.496. The molecule has 2 aromatic rings. The fraction of sp³-hybridized carbons (Fsp3) is 0.316. The summed E-state index contributed by atoms with van der Waals surface area (Å²) in [5, 5.41) is 11.2. The van der Waals surface area contributed by atoms with Crippen molar-refractivity contribution in [2.24, 2.45) is 0 Å². The van der Waals surface area contributed by atoms with Gasteiger partial charge in [0.25, 0.3) is 5.69 Å². The van der Waals surface area contributed by atoms with Crippen LogP contribution in [0.25, 0.3) is 0 Å². The predicted octanol–water partition coefficient (Wildman–Crippen LogP) is 2.99. The van der Waals surface area contributed by atoms with E-state index in [1.54, 1.807) is 18.2 Å². The number of para-hydroxylation sites is 2. The third-order valence-electron chi connectivity index (χ3n) is 4.54. The summed E-state index contributed by atoms with van der Waals surface area (Å²) >= 11 is 0. The Morgan fingerprint density at radius 3 is 2.28 bits per heavy atom. The van der Waals surface area contributed by atoms with E-state index in [-0.39, 0.29) is 16.4 Å². The zero-order valence-corrected chi connectivity index (χ0v) is 14.0. The van der Waals surface area contributed by atoms with Gasteiger partial charge in [-0.15, -0.1) is 0 Å². The molecule has 0 aromatic heterocycles. The van der Waals surface area contributed by atoms with Gasteiger partial charge in [-0.1, -0.05) is 42.5 Å². The van der Waals surface area contributed by atoms with Crippen molar-refractivity contribution in [1.29, 1.82) is 0 Å². The molecule has 1 aliphatic heterocycles. The van der Waals surface area contributed by atoms with Crippen molar-refractivity contribution in [3.05, 3.63) is 70.3 Å². The number of nitro benzene ring substituents is 1. The molecule has 3 rings (SSSR count). The average Bonchev–Trinajstić information content (AvgIpc) is 2.67. The lowest BCUT2D eigenvalue weighted by molar-refractivity contribution is -0.384. The molecule has 0 amide bonds. The van der Waals surface area contributed by atoms with Gasteiger partial charge in [-0.05, 0) is 6.07 Å². The molecule has 0 saturated carbocycles. The van der Waals surface area contributed by atoms with Gasteiger partial charge >= 0.3 is 0 Å². The van der Waals surface area contributed by atoms with Crippen LogP contribution in [0.15, 0.2) is 54.6 Å². The van der Waals surface area contributed by atoms with Crippen LogP contribution < -0.4 is 4.90 Å². The van der Waals surface area contributed by atoms with Gasteiger partial charge < -0.3 is 4.90 Å². The Balaban J connectivity index is 1.53. The summed E-state index contributed by atoms with van der Waals surface area (Å²) in [4.78, 5) is 27.3. The van der Waals surface area contributed by atoms with E-state index >= 15 is 0 Å². The molecule has 1 heterocycles. The number of rotatable bonds is 6. The molecular weight excluding hydrogens is 318 g/mol. The van der Waals surface area contributed by atoms with Gasteiger partial charge in [0.05, 0.1) is 4.92 Å². The van der Waals surface area contributed by atoms with Crippen molar-refractivity contribution < 1.29 is 9.72 Å². The highest BCUT2D eigenvalue weighted by atomic mass is 16.6. The zero-order chi connectivity index (χ0) is 17.6. The largest absolute Gasteiger partial charge is 0.363 e. The molecule has 6 nitrogen and oxygen atoms in total. The topological polar surface area (TPSA) is 66.7 Å².